The molecule has 0 aliphatic rings. The van der Waals surface area contributed by atoms with E-state index in [0.29, 0.717) is 11.1 Å². The van der Waals surface area contributed by atoms with E-state index in [0.717, 1.165) is 11.3 Å². The van der Waals surface area contributed by atoms with E-state index < -0.39 is 0 Å². The molecule has 0 heterocycles. The molecule has 0 aliphatic carbocycles. The van der Waals surface area contributed by atoms with Gasteiger partial charge in [0.15, 0.2) is 5.78 Å². The van der Waals surface area contributed by atoms with Crippen molar-refractivity contribution in [2.24, 2.45) is 0 Å². The van der Waals surface area contributed by atoms with Gasteiger partial charge in [0.1, 0.15) is 5.75 Å². The van der Waals surface area contributed by atoms with E-state index in [-0.39, 0.29) is 5.78 Å². The van der Waals surface area contributed by atoms with Crippen LogP contribution in [0.15, 0.2) is 54.6 Å². The fourth-order valence-corrected chi connectivity index (χ4v) is 1.73. The molecule has 3 nitrogen and oxygen atoms in total. The molecule has 0 atom stereocenters. The van der Waals surface area contributed by atoms with Gasteiger partial charge in [-0.15, -0.1) is 0 Å². The largest absolute Gasteiger partial charge is 0.497 e. The van der Waals surface area contributed by atoms with Gasteiger partial charge in [-0.2, -0.15) is 5.26 Å². The molecule has 0 saturated heterocycles. The van der Waals surface area contributed by atoms with E-state index in [9.17, 15) is 4.79 Å². The van der Waals surface area contributed by atoms with Crippen molar-refractivity contribution in [2.45, 2.75) is 0 Å². The van der Waals surface area contributed by atoms with E-state index in [1.807, 2.05) is 30.3 Å². The summed E-state index contributed by atoms with van der Waals surface area (Å²) in [6.45, 7) is 0. The van der Waals surface area contributed by atoms with Crippen molar-refractivity contribution >= 4 is 11.9 Å². The quantitative estimate of drug-likeness (QED) is 0.627. The van der Waals surface area contributed by atoms with Crippen LogP contribution in [0.5, 0.6) is 5.75 Å². The lowest BCUT2D eigenvalue weighted by Gasteiger charge is -1.99. The third-order valence-electron chi connectivity index (χ3n) is 2.82. The molecular formula is C17H13NO2. The molecule has 0 saturated carbocycles. The van der Waals surface area contributed by atoms with Crippen molar-refractivity contribution in [3.63, 3.8) is 0 Å². The van der Waals surface area contributed by atoms with E-state index in [1.54, 1.807) is 37.5 Å². The lowest BCUT2D eigenvalue weighted by Crippen LogP contribution is -1.94. The highest BCUT2D eigenvalue weighted by molar-refractivity contribution is 6.07. The molecule has 2 aromatic carbocycles. The molecule has 0 bridgehead atoms. The molecule has 0 spiro atoms. The van der Waals surface area contributed by atoms with Gasteiger partial charge >= 0.3 is 0 Å². The predicted octanol–water partition coefficient (Wildman–Crippen LogP) is 3.46. The highest BCUT2D eigenvalue weighted by Gasteiger charge is 2.02. The van der Waals surface area contributed by atoms with E-state index in [1.165, 1.54) is 6.08 Å². The SMILES string of the molecule is COc1ccc(/C=C/C(=O)c2cccc(C#N)c2)cc1. The maximum Gasteiger partial charge on any atom is 0.185 e. The Morgan fingerprint density at radius 2 is 1.95 bits per heavy atom. The lowest BCUT2D eigenvalue weighted by molar-refractivity contribution is 0.104. The fourth-order valence-electron chi connectivity index (χ4n) is 1.73. The molecule has 0 aliphatic heterocycles. The monoisotopic (exact) mass is 263 g/mol. The summed E-state index contributed by atoms with van der Waals surface area (Å²) in [6.07, 6.45) is 3.24. The summed E-state index contributed by atoms with van der Waals surface area (Å²) in [5.74, 6) is 0.646. The van der Waals surface area contributed by atoms with Crippen LogP contribution < -0.4 is 4.74 Å². The number of allylic oxidation sites excluding steroid dienone is 1. The first kappa shape index (κ1) is 13.6. The Hall–Kier alpha value is -2.86. The number of carbonyl (C=O) groups excluding carboxylic acids is 1. The lowest BCUT2D eigenvalue weighted by atomic mass is 10.1. The first-order valence-electron chi connectivity index (χ1n) is 6.09. The number of rotatable bonds is 4. The Bertz CT molecular complexity index is 679. The highest BCUT2D eigenvalue weighted by Crippen LogP contribution is 2.13. The minimum absolute atomic E-state index is 0.127. The Balaban J connectivity index is 2.13. The molecule has 3 heteroatoms. The first-order chi connectivity index (χ1) is 9.72. The number of ketones is 1. The molecule has 20 heavy (non-hydrogen) atoms. The summed E-state index contributed by atoms with van der Waals surface area (Å²) in [5, 5.41) is 8.81. The summed E-state index contributed by atoms with van der Waals surface area (Å²) in [4.78, 5) is 12.0. The summed E-state index contributed by atoms with van der Waals surface area (Å²) in [5.41, 5.74) is 1.90. The molecule has 0 N–H and O–H groups in total. The zero-order chi connectivity index (χ0) is 14.4. The number of benzene rings is 2. The number of hydrogen-bond donors (Lipinski definition) is 0. The van der Waals surface area contributed by atoms with Crippen LogP contribution in [0.2, 0.25) is 0 Å². The van der Waals surface area contributed by atoms with Crippen molar-refractivity contribution in [3.05, 3.63) is 71.3 Å². The van der Waals surface area contributed by atoms with E-state index in [2.05, 4.69) is 0 Å². The van der Waals surface area contributed by atoms with Crippen molar-refractivity contribution in [3.8, 4) is 11.8 Å². The van der Waals surface area contributed by atoms with Crippen LogP contribution in [0.3, 0.4) is 0 Å². The van der Waals surface area contributed by atoms with Gasteiger partial charge in [0.25, 0.3) is 0 Å². The maximum absolute atomic E-state index is 12.0. The maximum atomic E-state index is 12.0. The second-order valence-electron chi connectivity index (χ2n) is 4.16. The molecule has 0 amide bonds. The normalized spacial score (nSPS) is 10.2. The molecule has 0 fully saturated rings. The molecule has 98 valence electrons. The zero-order valence-electron chi connectivity index (χ0n) is 11.0. The second-order valence-corrected chi connectivity index (χ2v) is 4.16. The second kappa shape index (κ2) is 6.35. The van der Waals surface area contributed by atoms with Crippen LogP contribution >= 0.6 is 0 Å². The number of nitriles is 1. The number of carbonyl (C=O) groups is 1. The summed E-state index contributed by atoms with van der Waals surface area (Å²) < 4.78 is 5.07. The van der Waals surface area contributed by atoms with Gasteiger partial charge in [0, 0.05) is 5.56 Å². The molecule has 2 rings (SSSR count). The minimum atomic E-state index is -0.127. The third-order valence-corrected chi connectivity index (χ3v) is 2.82. The van der Waals surface area contributed by atoms with Gasteiger partial charge < -0.3 is 4.74 Å². The first-order valence-corrected chi connectivity index (χ1v) is 6.09. The average Bonchev–Trinajstić information content (AvgIpc) is 2.53. The van der Waals surface area contributed by atoms with Crippen molar-refractivity contribution < 1.29 is 9.53 Å². The Kier molecular flexibility index (Phi) is 4.31. The van der Waals surface area contributed by atoms with Crippen molar-refractivity contribution in [1.82, 2.24) is 0 Å². The van der Waals surface area contributed by atoms with Crippen LogP contribution in [-0.2, 0) is 0 Å². The Labute approximate surface area is 117 Å². The van der Waals surface area contributed by atoms with Gasteiger partial charge in [-0.05, 0) is 35.9 Å². The van der Waals surface area contributed by atoms with Crippen LogP contribution in [0.1, 0.15) is 21.5 Å². The van der Waals surface area contributed by atoms with E-state index in [4.69, 9.17) is 10.00 Å². The molecule has 0 unspecified atom stereocenters. The minimum Gasteiger partial charge on any atom is -0.497 e. The summed E-state index contributed by atoms with van der Waals surface area (Å²) in [6, 6.07) is 16.1. The standard InChI is InChI=1S/C17H13NO2/c1-20-16-8-5-13(6-9-16)7-10-17(19)15-4-2-3-14(11-15)12-18/h2-11H,1H3/b10-7+. The van der Waals surface area contributed by atoms with Crippen LogP contribution in [0, 0.1) is 11.3 Å². The number of nitrogens with zero attached hydrogens (tertiary/aromatic N) is 1. The Morgan fingerprint density at radius 1 is 1.20 bits per heavy atom. The predicted molar refractivity (Wildman–Crippen MR) is 77.5 cm³/mol. The van der Waals surface area contributed by atoms with Gasteiger partial charge in [-0.3, -0.25) is 4.79 Å². The van der Waals surface area contributed by atoms with Gasteiger partial charge in [0.2, 0.25) is 0 Å². The van der Waals surface area contributed by atoms with Crippen molar-refractivity contribution in [2.75, 3.05) is 7.11 Å². The van der Waals surface area contributed by atoms with Crippen molar-refractivity contribution in [1.29, 1.82) is 5.26 Å². The topological polar surface area (TPSA) is 50.1 Å². The number of hydrogen-bond acceptors (Lipinski definition) is 3. The smallest absolute Gasteiger partial charge is 0.185 e. The molecule has 0 radical (unpaired) electrons. The molecule has 2 aromatic rings. The molecule has 0 aromatic heterocycles. The fraction of sp³-hybridized carbons (Fsp3) is 0.0588. The highest BCUT2D eigenvalue weighted by atomic mass is 16.5. The van der Waals surface area contributed by atoms with Gasteiger partial charge in [0.05, 0.1) is 18.7 Å². The molecular weight excluding hydrogens is 250 g/mol. The summed E-state index contributed by atoms with van der Waals surface area (Å²) in [7, 11) is 1.61. The average molecular weight is 263 g/mol. The van der Waals surface area contributed by atoms with Gasteiger partial charge in [-0.25, -0.2) is 0 Å². The van der Waals surface area contributed by atoms with Crippen LogP contribution in [-0.4, -0.2) is 12.9 Å². The van der Waals surface area contributed by atoms with Gasteiger partial charge in [-0.1, -0.05) is 30.3 Å². The van der Waals surface area contributed by atoms with Crippen LogP contribution in [0.25, 0.3) is 6.08 Å². The number of methoxy groups -OCH3 is 1. The van der Waals surface area contributed by atoms with E-state index >= 15 is 0 Å². The number of ether oxygens (including phenoxy) is 1. The summed E-state index contributed by atoms with van der Waals surface area (Å²) >= 11 is 0. The van der Waals surface area contributed by atoms with Crippen LogP contribution in [0.4, 0.5) is 0 Å². The third kappa shape index (κ3) is 3.33. The zero-order valence-corrected chi connectivity index (χ0v) is 11.0. The Morgan fingerprint density at radius 3 is 2.60 bits per heavy atom.